The van der Waals surface area contributed by atoms with Gasteiger partial charge in [0.25, 0.3) is 0 Å². The van der Waals surface area contributed by atoms with E-state index in [0.29, 0.717) is 18.6 Å². The van der Waals surface area contributed by atoms with Crippen LogP contribution in [-0.4, -0.2) is 18.2 Å². The Morgan fingerprint density at radius 3 is 2.65 bits per heavy atom. The number of hydrogen-bond acceptors (Lipinski definition) is 2. The molecular weight excluding hydrogens is 241 g/mol. The summed E-state index contributed by atoms with van der Waals surface area (Å²) in [5, 5.41) is 0.131. The number of halogens is 2. The molecule has 1 atom stereocenters. The first-order valence-electron chi connectivity index (χ1n) is 5.62. The number of ether oxygens (including phenoxy) is 1. The van der Waals surface area contributed by atoms with Crippen LogP contribution in [-0.2, 0) is 11.2 Å². The van der Waals surface area contributed by atoms with Crippen LogP contribution in [0.2, 0.25) is 5.02 Å². The number of nitrogens with two attached hydrogens (primary N) is 1. The third-order valence-electron chi connectivity index (χ3n) is 2.24. The van der Waals surface area contributed by atoms with Gasteiger partial charge in [0.15, 0.2) is 0 Å². The molecule has 0 saturated heterocycles. The molecule has 96 valence electrons. The highest BCUT2D eigenvalue weighted by atomic mass is 35.5. The fraction of sp³-hybridized carbons (Fsp3) is 0.538. The number of benzene rings is 1. The Morgan fingerprint density at radius 1 is 1.41 bits per heavy atom. The Labute approximate surface area is 107 Å². The van der Waals surface area contributed by atoms with Crippen LogP contribution in [0.4, 0.5) is 4.39 Å². The molecule has 2 N–H and O–H groups in total. The monoisotopic (exact) mass is 259 g/mol. The quantitative estimate of drug-likeness (QED) is 0.902. The van der Waals surface area contributed by atoms with Crippen LogP contribution in [0, 0.1) is 5.82 Å². The normalized spacial score (nSPS) is 13.8. The van der Waals surface area contributed by atoms with Crippen molar-refractivity contribution in [3.05, 3.63) is 34.6 Å². The van der Waals surface area contributed by atoms with Crippen molar-refractivity contribution in [1.82, 2.24) is 0 Å². The molecule has 0 spiro atoms. The Bertz CT molecular complexity index is 376. The van der Waals surface area contributed by atoms with Gasteiger partial charge in [0, 0.05) is 6.04 Å². The van der Waals surface area contributed by atoms with Crippen LogP contribution in [0.5, 0.6) is 0 Å². The van der Waals surface area contributed by atoms with Gasteiger partial charge in [0.2, 0.25) is 0 Å². The average Bonchev–Trinajstić information content (AvgIpc) is 2.21. The van der Waals surface area contributed by atoms with Crippen LogP contribution in [0.15, 0.2) is 18.2 Å². The maximum Gasteiger partial charge on any atom is 0.145 e. The van der Waals surface area contributed by atoms with Gasteiger partial charge in [-0.05, 0) is 38.8 Å². The zero-order valence-electron chi connectivity index (χ0n) is 10.5. The topological polar surface area (TPSA) is 35.2 Å². The van der Waals surface area contributed by atoms with E-state index < -0.39 is 0 Å². The molecule has 0 amide bonds. The number of hydrogen-bond donors (Lipinski definition) is 1. The molecule has 17 heavy (non-hydrogen) atoms. The minimum atomic E-state index is -0.389. The van der Waals surface area contributed by atoms with Gasteiger partial charge in [-0.15, -0.1) is 0 Å². The minimum absolute atomic E-state index is 0.131. The molecule has 0 aliphatic carbocycles. The molecular formula is C13H19ClFNO. The second kappa shape index (κ2) is 5.80. The summed E-state index contributed by atoms with van der Waals surface area (Å²) < 4.78 is 19.2. The van der Waals surface area contributed by atoms with Crippen LogP contribution >= 0.6 is 11.6 Å². The lowest BCUT2D eigenvalue weighted by molar-refractivity contribution is -0.00989. The van der Waals surface area contributed by atoms with Crippen LogP contribution in [0.25, 0.3) is 0 Å². The molecule has 1 aromatic carbocycles. The van der Waals surface area contributed by atoms with Gasteiger partial charge in [0.1, 0.15) is 5.82 Å². The molecule has 1 aromatic rings. The standard InChI is InChI=1S/C13H19ClFNO/c1-13(2,3)17-8-10(16)7-9-5-4-6-11(14)12(9)15/h4-6,10H,7-8,16H2,1-3H3. The lowest BCUT2D eigenvalue weighted by atomic mass is 10.1. The molecule has 0 fully saturated rings. The number of rotatable bonds is 4. The van der Waals surface area contributed by atoms with E-state index in [2.05, 4.69) is 0 Å². The van der Waals surface area contributed by atoms with Gasteiger partial charge in [0.05, 0.1) is 17.2 Å². The minimum Gasteiger partial charge on any atom is -0.374 e. The molecule has 0 aliphatic rings. The molecule has 1 unspecified atom stereocenters. The van der Waals surface area contributed by atoms with Gasteiger partial charge in [-0.2, -0.15) is 0 Å². The van der Waals surface area contributed by atoms with Crippen molar-refractivity contribution in [3.63, 3.8) is 0 Å². The maximum absolute atomic E-state index is 13.6. The first-order valence-corrected chi connectivity index (χ1v) is 6.00. The van der Waals surface area contributed by atoms with Gasteiger partial charge in [-0.1, -0.05) is 23.7 Å². The molecule has 1 rings (SSSR count). The summed E-state index contributed by atoms with van der Waals surface area (Å²) in [4.78, 5) is 0. The fourth-order valence-electron chi connectivity index (χ4n) is 1.40. The van der Waals surface area contributed by atoms with Crippen molar-refractivity contribution in [2.75, 3.05) is 6.61 Å². The molecule has 2 nitrogen and oxygen atoms in total. The van der Waals surface area contributed by atoms with Gasteiger partial charge < -0.3 is 10.5 Å². The van der Waals surface area contributed by atoms with Crippen molar-refractivity contribution in [1.29, 1.82) is 0 Å². The highest BCUT2D eigenvalue weighted by Gasteiger charge is 2.15. The Morgan fingerprint density at radius 2 is 2.06 bits per heavy atom. The van der Waals surface area contributed by atoms with E-state index in [4.69, 9.17) is 22.1 Å². The van der Waals surface area contributed by atoms with Gasteiger partial charge in [-0.25, -0.2) is 4.39 Å². The molecule has 0 heterocycles. The van der Waals surface area contributed by atoms with E-state index in [9.17, 15) is 4.39 Å². The third-order valence-corrected chi connectivity index (χ3v) is 2.54. The smallest absolute Gasteiger partial charge is 0.145 e. The van der Waals surface area contributed by atoms with Crippen LogP contribution < -0.4 is 5.73 Å². The second-order valence-corrected chi connectivity index (χ2v) is 5.51. The summed E-state index contributed by atoms with van der Waals surface area (Å²) >= 11 is 5.70. The lowest BCUT2D eigenvalue weighted by Gasteiger charge is -2.22. The summed E-state index contributed by atoms with van der Waals surface area (Å²) in [5.41, 5.74) is 6.20. The van der Waals surface area contributed by atoms with Crippen LogP contribution in [0.1, 0.15) is 26.3 Å². The van der Waals surface area contributed by atoms with Crippen LogP contribution in [0.3, 0.4) is 0 Å². The molecule has 0 aliphatic heterocycles. The molecule has 0 aromatic heterocycles. The molecule has 0 radical (unpaired) electrons. The SMILES string of the molecule is CC(C)(C)OCC(N)Cc1cccc(Cl)c1F. The van der Waals surface area contributed by atoms with Gasteiger partial charge >= 0.3 is 0 Å². The summed E-state index contributed by atoms with van der Waals surface area (Å²) in [7, 11) is 0. The van der Waals surface area contributed by atoms with Crippen molar-refractivity contribution < 1.29 is 9.13 Å². The van der Waals surface area contributed by atoms with Crippen molar-refractivity contribution in [3.8, 4) is 0 Å². The fourth-order valence-corrected chi connectivity index (χ4v) is 1.60. The van der Waals surface area contributed by atoms with Crippen molar-refractivity contribution in [2.24, 2.45) is 5.73 Å². The Kier molecular flexibility index (Phi) is 4.92. The van der Waals surface area contributed by atoms with E-state index in [0.717, 1.165) is 0 Å². The second-order valence-electron chi connectivity index (χ2n) is 5.10. The van der Waals surface area contributed by atoms with E-state index in [1.807, 2.05) is 20.8 Å². The first kappa shape index (κ1) is 14.4. The Balaban J connectivity index is 2.56. The van der Waals surface area contributed by atoms with E-state index >= 15 is 0 Å². The molecule has 0 bridgehead atoms. The van der Waals surface area contributed by atoms with Crippen molar-refractivity contribution >= 4 is 11.6 Å². The van der Waals surface area contributed by atoms with E-state index in [1.54, 1.807) is 12.1 Å². The third kappa shape index (κ3) is 5.02. The van der Waals surface area contributed by atoms with E-state index in [1.165, 1.54) is 6.07 Å². The zero-order chi connectivity index (χ0) is 13.1. The highest BCUT2D eigenvalue weighted by molar-refractivity contribution is 6.30. The summed E-state index contributed by atoms with van der Waals surface area (Å²) in [5.74, 6) is -0.389. The summed E-state index contributed by atoms with van der Waals surface area (Å²) in [6.45, 7) is 6.27. The largest absolute Gasteiger partial charge is 0.374 e. The summed E-state index contributed by atoms with van der Waals surface area (Å²) in [6.07, 6.45) is 0.419. The van der Waals surface area contributed by atoms with Gasteiger partial charge in [-0.3, -0.25) is 0 Å². The molecule has 4 heteroatoms. The average molecular weight is 260 g/mol. The predicted octanol–water partition coefficient (Wildman–Crippen LogP) is 3.16. The Hall–Kier alpha value is -0.640. The summed E-state index contributed by atoms with van der Waals surface area (Å²) in [6, 6.07) is 4.70. The first-order chi connectivity index (χ1) is 7.79. The predicted molar refractivity (Wildman–Crippen MR) is 68.8 cm³/mol. The molecule has 0 saturated carbocycles. The highest BCUT2D eigenvalue weighted by Crippen LogP contribution is 2.19. The zero-order valence-corrected chi connectivity index (χ0v) is 11.2. The van der Waals surface area contributed by atoms with Crippen molar-refractivity contribution in [2.45, 2.75) is 38.8 Å². The maximum atomic E-state index is 13.6. The lowest BCUT2D eigenvalue weighted by Crippen LogP contribution is -2.33. The van der Waals surface area contributed by atoms with E-state index in [-0.39, 0.29) is 22.5 Å².